The first kappa shape index (κ1) is 16.6. The van der Waals surface area contributed by atoms with Crippen molar-refractivity contribution in [2.45, 2.75) is 6.54 Å². The topological polar surface area (TPSA) is 33.6 Å². The van der Waals surface area contributed by atoms with Crippen LogP contribution in [0.1, 0.15) is 11.1 Å². The minimum Gasteiger partial charge on any atom is -0.496 e. The minimum atomic E-state index is 0.447. The van der Waals surface area contributed by atoms with Gasteiger partial charge in [0.2, 0.25) is 0 Å². The third-order valence-electron chi connectivity index (χ3n) is 3.75. The van der Waals surface area contributed by atoms with Crippen molar-refractivity contribution < 1.29 is 4.74 Å². The molecule has 5 heteroatoms. The van der Waals surface area contributed by atoms with Gasteiger partial charge in [-0.3, -0.25) is 0 Å². The molecular formula is C19H16Cl2N2O. The maximum absolute atomic E-state index is 6.15. The lowest BCUT2D eigenvalue weighted by Gasteiger charge is -2.09. The summed E-state index contributed by atoms with van der Waals surface area (Å²) < 4.78 is 5.45. The molecule has 0 atom stereocenters. The van der Waals surface area contributed by atoms with E-state index in [1.54, 1.807) is 13.3 Å². The second-order valence-electron chi connectivity index (χ2n) is 5.20. The summed E-state index contributed by atoms with van der Waals surface area (Å²) in [7, 11) is 1.65. The molecule has 0 aliphatic rings. The van der Waals surface area contributed by atoms with E-state index in [9.17, 15) is 0 Å². The third-order valence-corrected chi connectivity index (χ3v) is 4.46. The lowest BCUT2D eigenvalue weighted by Crippen LogP contribution is -2.07. The third kappa shape index (κ3) is 3.48. The number of halogens is 2. The van der Waals surface area contributed by atoms with Gasteiger partial charge in [0, 0.05) is 21.2 Å². The molecule has 0 unspecified atom stereocenters. The first-order valence-corrected chi connectivity index (χ1v) is 8.21. The van der Waals surface area contributed by atoms with E-state index >= 15 is 0 Å². The van der Waals surface area contributed by atoms with Crippen LogP contribution in [0.4, 0.5) is 0 Å². The van der Waals surface area contributed by atoms with Gasteiger partial charge in [-0.25, -0.2) is 0 Å². The molecular weight excluding hydrogens is 343 g/mol. The van der Waals surface area contributed by atoms with Crippen LogP contribution in [-0.4, -0.2) is 13.3 Å². The number of hydrazone groups is 1. The van der Waals surface area contributed by atoms with Gasteiger partial charge in [0.25, 0.3) is 0 Å². The SMILES string of the molecule is COc1ccc2ccccc2c1/C=N\NCc1c(Cl)cccc1Cl. The number of benzene rings is 3. The minimum absolute atomic E-state index is 0.447. The summed E-state index contributed by atoms with van der Waals surface area (Å²) in [6.45, 7) is 0.447. The van der Waals surface area contributed by atoms with E-state index in [0.717, 1.165) is 27.6 Å². The van der Waals surface area contributed by atoms with E-state index in [1.165, 1.54) is 0 Å². The molecule has 0 saturated heterocycles. The summed E-state index contributed by atoms with van der Waals surface area (Å²) >= 11 is 12.3. The summed E-state index contributed by atoms with van der Waals surface area (Å²) in [5, 5.41) is 7.76. The number of hydrogen-bond donors (Lipinski definition) is 1. The van der Waals surface area contributed by atoms with Gasteiger partial charge in [-0.15, -0.1) is 0 Å². The zero-order valence-electron chi connectivity index (χ0n) is 13.1. The molecule has 3 nitrogen and oxygen atoms in total. The summed E-state index contributed by atoms with van der Waals surface area (Å²) in [6.07, 6.45) is 1.76. The molecule has 3 rings (SSSR count). The molecule has 0 saturated carbocycles. The van der Waals surface area contributed by atoms with Gasteiger partial charge in [-0.1, -0.05) is 59.6 Å². The van der Waals surface area contributed by atoms with Crippen molar-refractivity contribution in [1.82, 2.24) is 5.43 Å². The van der Waals surface area contributed by atoms with Gasteiger partial charge in [0.05, 0.1) is 19.9 Å². The lowest BCUT2D eigenvalue weighted by atomic mass is 10.0. The fourth-order valence-electron chi connectivity index (χ4n) is 2.52. The van der Waals surface area contributed by atoms with Gasteiger partial charge in [0.15, 0.2) is 0 Å². The number of fused-ring (bicyclic) bond motifs is 1. The zero-order valence-corrected chi connectivity index (χ0v) is 14.6. The van der Waals surface area contributed by atoms with E-state index < -0.39 is 0 Å². The molecule has 3 aromatic rings. The first-order chi connectivity index (χ1) is 11.7. The molecule has 0 aromatic heterocycles. The first-order valence-electron chi connectivity index (χ1n) is 7.45. The average Bonchev–Trinajstić information content (AvgIpc) is 2.60. The lowest BCUT2D eigenvalue weighted by molar-refractivity contribution is 0.415. The Kier molecular flexibility index (Phi) is 5.24. The molecule has 3 aromatic carbocycles. The maximum Gasteiger partial charge on any atom is 0.128 e. The molecule has 0 aliphatic carbocycles. The second kappa shape index (κ2) is 7.56. The molecule has 0 amide bonds. The maximum atomic E-state index is 6.15. The largest absolute Gasteiger partial charge is 0.496 e. The predicted molar refractivity (Wildman–Crippen MR) is 101 cm³/mol. The Labute approximate surface area is 150 Å². The van der Waals surface area contributed by atoms with E-state index in [-0.39, 0.29) is 0 Å². The van der Waals surface area contributed by atoms with Crippen molar-refractivity contribution in [3.05, 3.63) is 75.8 Å². The van der Waals surface area contributed by atoms with E-state index in [4.69, 9.17) is 27.9 Å². The van der Waals surface area contributed by atoms with Crippen molar-refractivity contribution in [3.63, 3.8) is 0 Å². The van der Waals surface area contributed by atoms with Crippen molar-refractivity contribution in [1.29, 1.82) is 0 Å². The van der Waals surface area contributed by atoms with Crippen LogP contribution in [-0.2, 0) is 6.54 Å². The van der Waals surface area contributed by atoms with Crippen LogP contribution in [0.5, 0.6) is 5.75 Å². The van der Waals surface area contributed by atoms with Crippen LogP contribution in [0, 0.1) is 0 Å². The highest BCUT2D eigenvalue weighted by Crippen LogP contribution is 2.26. The summed E-state index contributed by atoms with van der Waals surface area (Å²) in [5.41, 5.74) is 4.74. The van der Waals surface area contributed by atoms with Crippen molar-refractivity contribution in [3.8, 4) is 5.75 Å². The van der Waals surface area contributed by atoms with Crippen LogP contribution in [0.15, 0.2) is 59.7 Å². The number of nitrogens with one attached hydrogen (secondary N) is 1. The molecule has 0 radical (unpaired) electrons. The van der Waals surface area contributed by atoms with Crippen LogP contribution >= 0.6 is 23.2 Å². The number of rotatable bonds is 5. The van der Waals surface area contributed by atoms with E-state index in [0.29, 0.717) is 16.6 Å². The van der Waals surface area contributed by atoms with Crippen LogP contribution < -0.4 is 10.2 Å². The molecule has 24 heavy (non-hydrogen) atoms. The molecule has 1 N–H and O–H groups in total. The monoisotopic (exact) mass is 358 g/mol. The standard InChI is InChI=1S/C19H16Cl2N2O/c1-24-19-10-9-13-5-2-3-6-14(13)15(19)11-22-23-12-16-17(20)7-4-8-18(16)21/h2-11,23H,12H2,1H3/b22-11-. The number of hydrogen-bond acceptors (Lipinski definition) is 3. The van der Waals surface area contributed by atoms with Gasteiger partial charge < -0.3 is 10.2 Å². The van der Waals surface area contributed by atoms with Crippen molar-refractivity contribution >= 4 is 40.2 Å². The molecule has 0 spiro atoms. The molecule has 0 fully saturated rings. The van der Waals surface area contributed by atoms with Gasteiger partial charge >= 0.3 is 0 Å². The Balaban J connectivity index is 1.83. The van der Waals surface area contributed by atoms with Gasteiger partial charge in [-0.2, -0.15) is 5.10 Å². The number of methoxy groups -OCH3 is 1. The zero-order chi connectivity index (χ0) is 16.9. The fraction of sp³-hybridized carbons (Fsp3) is 0.105. The van der Waals surface area contributed by atoms with Crippen molar-refractivity contribution in [2.75, 3.05) is 7.11 Å². The van der Waals surface area contributed by atoms with Gasteiger partial charge in [-0.05, 0) is 29.0 Å². The molecule has 0 bridgehead atoms. The Morgan fingerprint density at radius 1 is 1.00 bits per heavy atom. The quantitative estimate of drug-likeness (QED) is 0.497. The van der Waals surface area contributed by atoms with Crippen LogP contribution in [0.25, 0.3) is 10.8 Å². The van der Waals surface area contributed by atoms with Crippen molar-refractivity contribution in [2.24, 2.45) is 5.10 Å². The molecule has 122 valence electrons. The average molecular weight is 359 g/mol. The predicted octanol–water partition coefficient (Wildman–Crippen LogP) is 5.28. The highest BCUT2D eigenvalue weighted by molar-refractivity contribution is 6.35. The van der Waals surface area contributed by atoms with E-state index in [1.807, 2.05) is 48.5 Å². The van der Waals surface area contributed by atoms with E-state index in [2.05, 4.69) is 16.6 Å². The number of ether oxygens (including phenoxy) is 1. The summed E-state index contributed by atoms with van der Waals surface area (Å²) in [4.78, 5) is 0. The summed E-state index contributed by atoms with van der Waals surface area (Å²) in [6, 6.07) is 17.5. The summed E-state index contributed by atoms with van der Waals surface area (Å²) in [5.74, 6) is 0.773. The normalized spacial score (nSPS) is 11.1. The molecule has 0 heterocycles. The highest BCUT2D eigenvalue weighted by Gasteiger charge is 2.06. The Morgan fingerprint density at radius 2 is 1.75 bits per heavy atom. The number of nitrogens with zero attached hydrogens (tertiary/aromatic N) is 1. The Bertz CT molecular complexity index is 873. The van der Waals surface area contributed by atoms with Gasteiger partial charge in [0.1, 0.15) is 5.75 Å². The highest BCUT2D eigenvalue weighted by atomic mass is 35.5. The Morgan fingerprint density at radius 3 is 2.50 bits per heavy atom. The second-order valence-corrected chi connectivity index (χ2v) is 6.01. The smallest absolute Gasteiger partial charge is 0.128 e. The van der Waals surface area contributed by atoms with Crippen LogP contribution in [0.2, 0.25) is 10.0 Å². The molecule has 0 aliphatic heterocycles. The van der Waals surface area contributed by atoms with Crippen LogP contribution in [0.3, 0.4) is 0 Å². The fourth-order valence-corrected chi connectivity index (χ4v) is 3.05. The Hall–Kier alpha value is -2.23.